The first-order valence-electron chi connectivity index (χ1n) is 5.65. The summed E-state index contributed by atoms with van der Waals surface area (Å²) in [6, 6.07) is 3.19. The molecular formula is C12H11BrFN3O3. The van der Waals surface area contributed by atoms with E-state index in [0.29, 0.717) is 0 Å². The molecule has 0 radical (unpaired) electrons. The Morgan fingerprint density at radius 3 is 2.80 bits per heavy atom. The van der Waals surface area contributed by atoms with Gasteiger partial charge in [0, 0.05) is 7.05 Å². The number of hydrogen-bond acceptors (Lipinski definition) is 4. The maximum absolute atomic E-state index is 13.0. The molecule has 8 heteroatoms. The smallest absolute Gasteiger partial charge is 0.313 e. The van der Waals surface area contributed by atoms with Gasteiger partial charge in [-0.3, -0.25) is 14.8 Å². The molecule has 1 aromatic heterocycles. The summed E-state index contributed by atoms with van der Waals surface area (Å²) in [6.45, 7) is 1.92. The number of benzene rings is 1. The second-order valence-corrected chi connectivity index (χ2v) is 4.92. The molecule has 0 fully saturated rings. The van der Waals surface area contributed by atoms with Crippen molar-refractivity contribution in [1.29, 1.82) is 0 Å². The molecule has 2 aromatic rings. The minimum Gasteiger partial charge on any atom is -0.480 e. The highest BCUT2D eigenvalue weighted by molar-refractivity contribution is 9.10. The third kappa shape index (κ3) is 2.79. The van der Waals surface area contributed by atoms with Crippen molar-refractivity contribution in [1.82, 2.24) is 9.78 Å². The number of nitro groups is 1. The van der Waals surface area contributed by atoms with E-state index in [1.54, 1.807) is 11.7 Å². The van der Waals surface area contributed by atoms with Crippen LogP contribution >= 0.6 is 15.9 Å². The van der Waals surface area contributed by atoms with Gasteiger partial charge in [-0.25, -0.2) is 4.39 Å². The number of aromatic nitrogens is 2. The van der Waals surface area contributed by atoms with Crippen LogP contribution in [0.2, 0.25) is 0 Å². The third-order valence-electron chi connectivity index (χ3n) is 2.74. The van der Waals surface area contributed by atoms with Crippen LogP contribution in [0.25, 0.3) is 0 Å². The fraction of sp³-hybridized carbons (Fsp3) is 0.250. The van der Waals surface area contributed by atoms with Gasteiger partial charge in [-0.2, -0.15) is 5.10 Å². The van der Waals surface area contributed by atoms with E-state index in [0.717, 1.165) is 28.0 Å². The molecule has 0 spiro atoms. The van der Waals surface area contributed by atoms with Gasteiger partial charge in [0.05, 0.1) is 26.9 Å². The molecule has 0 aliphatic rings. The summed E-state index contributed by atoms with van der Waals surface area (Å²) in [5, 5.41) is 15.0. The first kappa shape index (κ1) is 14.4. The third-order valence-corrected chi connectivity index (χ3v) is 3.78. The molecular weight excluding hydrogens is 333 g/mol. The quantitative estimate of drug-likeness (QED) is 0.631. The van der Waals surface area contributed by atoms with Gasteiger partial charge in [0.2, 0.25) is 0 Å². The van der Waals surface area contributed by atoms with E-state index in [2.05, 4.69) is 21.0 Å². The predicted octanol–water partition coefficient (Wildman–Crippen LogP) is 3.12. The van der Waals surface area contributed by atoms with Crippen LogP contribution in [0.3, 0.4) is 0 Å². The molecule has 0 N–H and O–H groups in total. The number of hydrogen-bond donors (Lipinski definition) is 0. The first-order chi connectivity index (χ1) is 9.40. The summed E-state index contributed by atoms with van der Waals surface area (Å²) in [4.78, 5) is 10.2. The van der Waals surface area contributed by atoms with Crippen LogP contribution in [0.1, 0.15) is 11.4 Å². The number of halogens is 2. The highest BCUT2D eigenvalue weighted by Crippen LogP contribution is 2.29. The Morgan fingerprint density at radius 2 is 2.25 bits per heavy atom. The van der Waals surface area contributed by atoms with Crippen LogP contribution < -0.4 is 4.74 Å². The Labute approximate surface area is 122 Å². The summed E-state index contributed by atoms with van der Waals surface area (Å²) in [7, 11) is 1.75. The van der Waals surface area contributed by atoms with Gasteiger partial charge in [-0.05, 0) is 35.0 Å². The van der Waals surface area contributed by atoms with Crippen molar-refractivity contribution < 1.29 is 14.1 Å². The summed E-state index contributed by atoms with van der Waals surface area (Å²) in [5.74, 6) is -0.663. The molecule has 0 atom stereocenters. The molecule has 0 saturated heterocycles. The van der Waals surface area contributed by atoms with Crippen LogP contribution in [0.4, 0.5) is 10.1 Å². The van der Waals surface area contributed by atoms with E-state index in [1.807, 2.05) is 6.92 Å². The van der Waals surface area contributed by atoms with Gasteiger partial charge >= 0.3 is 5.69 Å². The fourth-order valence-electron chi connectivity index (χ4n) is 1.74. The van der Waals surface area contributed by atoms with Gasteiger partial charge in [0.1, 0.15) is 12.4 Å². The van der Waals surface area contributed by atoms with Crippen molar-refractivity contribution in [2.75, 3.05) is 0 Å². The lowest BCUT2D eigenvalue weighted by Gasteiger charge is -2.07. The Hall–Kier alpha value is -1.96. The number of rotatable bonds is 4. The molecule has 0 saturated carbocycles. The molecule has 0 aliphatic heterocycles. The zero-order chi connectivity index (χ0) is 14.9. The second kappa shape index (κ2) is 5.58. The highest BCUT2D eigenvalue weighted by Gasteiger charge is 2.18. The van der Waals surface area contributed by atoms with Gasteiger partial charge in [0.25, 0.3) is 0 Å². The van der Waals surface area contributed by atoms with Crippen LogP contribution in [-0.4, -0.2) is 14.7 Å². The SMILES string of the molecule is Cc1nn(C)c(COc2ccc(F)cc2[N+](=O)[O-])c1Br. The zero-order valence-corrected chi connectivity index (χ0v) is 12.3. The normalized spacial score (nSPS) is 10.6. The van der Waals surface area contributed by atoms with E-state index < -0.39 is 16.4 Å². The zero-order valence-electron chi connectivity index (χ0n) is 10.8. The summed E-state index contributed by atoms with van der Waals surface area (Å²) in [5.41, 5.74) is 1.13. The van der Waals surface area contributed by atoms with Crippen molar-refractivity contribution in [3.05, 3.63) is 50.0 Å². The molecule has 106 valence electrons. The molecule has 0 bridgehead atoms. The van der Waals surface area contributed by atoms with Gasteiger partial charge in [-0.1, -0.05) is 0 Å². The molecule has 0 aliphatic carbocycles. The Kier molecular flexibility index (Phi) is 4.03. The molecule has 1 heterocycles. The van der Waals surface area contributed by atoms with Crippen molar-refractivity contribution in [3.8, 4) is 5.75 Å². The molecule has 20 heavy (non-hydrogen) atoms. The second-order valence-electron chi connectivity index (χ2n) is 4.13. The van der Waals surface area contributed by atoms with E-state index >= 15 is 0 Å². The van der Waals surface area contributed by atoms with E-state index in [-0.39, 0.29) is 12.4 Å². The molecule has 0 unspecified atom stereocenters. The standard InChI is InChI=1S/C12H11BrFN3O3/c1-7-12(13)10(16(2)15-7)6-20-11-4-3-8(14)5-9(11)17(18)19/h3-5H,6H2,1-2H3. The van der Waals surface area contributed by atoms with Crippen molar-refractivity contribution in [2.24, 2.45) is 7.05 Å². The fourth-order valence-corrected chi connectivity index (χ4v) is 2.19. The van der Waals surface area contributed by atoms with E-state index in [4.69, 9.17) is 4.74 Å². The highest BCUT2D eigenvalue weighted by atomic mass is 79.9. The lowest BCUT2D eigenvalue weighted by Crippen LogP contribution is -2.05. The predicted molar refractivity (Wildman–Crippen MR) is 73.0 cm³/mol. The number of nitro benzene ring substituents is 1. The van der Waals surface area contributed by atoms with Crippen LogP contribution in [0.5, 0.6) is 5.75 Å². The van der Waals surface area contributed by atoms with Gasteiger partial charge < -0.3 is 4.74 Å². The number of aryl methyl sites for hydroxylation is 2. The van der Waals surface area contributed by atoms with Crippen LogP contribution in [0, 0.1) is 22.9 Å². The lowest BCUT2D eigenvalue weighted by molar-refractivity contribution is -0.386. The van der Waals surface area contributed by atoms with Crippen molar-refractivity contribution >= 4 is 21.6 Å². The monoisotopic (exact) mass is 343 g/mol. The van der Waals surface area contributed by atoms with Crippen molar-refractivity contribution in [3.63, 3.8) is 0 Å². The Balaban J connectivity index is 2.25. The van der Waals surface area contributed by atoms with E-state index in [9.17, 15) is 14.5 Å². The molecule has 0 amide bonds. The minimum atomic E-state index is -0.679. The average Bonchev–Trinajstić information content (AvgIpc) is 2.62. The number of ether oxygens (including phenoxy) is 1. The van der Waals surface area contributed by atoms with Gasteiger partial charge in [0.15, 0.2) is 5.75 Å². The maximum atomic E-state index is 13.0. The average molecular weight is 344 g/mol. The summed E-state index contributed by atoms with van der Waals surface area (Å²) >= 11 is 3.38. The van der Waals surface area contributed by atoms with Crippen LogP contribution in [0.15, 0.2) is 22.7 Å². The van der Waals surface area contributed by atoms with Crippen molar-refractivity contribution in [2.45, 2.75) is 13.5 Å². The topological polar surface area (TPSA) is 70.2 Å². The summed E-state index contributed by atoms with van der Waals surface area (Å²) in [6.07, 6.45) is 0. The Morgan fingerprint density at radius 1 is 1.55 bits per heavy atom. The lowest BCUT2D eigenvalue weighted by atomic mass is 10.3. The Bertz CT molecular complexity index is 672. The molecule has 1 aromatic carbocycles. The minimum absolute atomic E-state index is 0.0159. The molecule has 6 nitrogen and oxygen atoms in total. The molecule has 2 rings (SSSR count). The number of nitrogens with zero attached hydrogens (tertiary/aromatic N) is 3. The van der Waals surface area contributed by atoms with Gasteiger partial charge in [-0.15, -0.1) is 0 Å². The first-order valence-corrected chi connectivity index (χ1v) is 6.44. The summed E-state index contributed by atoms with van der Waals surface area (Å²) < 4.78 is 20.8. The van der Waals surface area contributed by atoms with Crippen LogP contribution in [-0.2, 0) is 13.7 Å². The largest absolute Gasteiger partial charge is 0.480 e. The van der Waals surface area contributed by atoms with E-state index in [1.165, 1.54) is 6.07 Å². The maximum Gasteiger partial charge on any atom is 0.313 e.